The van der Waals surface area contributed by atoms with Gasteiger partial charge in [-0.05, 0) is 55.0 Å². The predicted octanol–water partition coefficient (Wildman–Crippen LogP) is 4.48. The number of imidazole rings is 2. The summed E-state index contributed by atoms with van der Waals surface area (Å²) in [6, 6.07) is 16.1. The normalized spacial score (nSPS) is 15.9. The fourth-order valence-corrected chi connectivity index (χ4v) is 4.13. The summed E-state index contributed by atoms with van der Waals surface area (Å²) in [5.74, 6) is 2.98. The van der Waals surface area contributed by atoms with Crippen molar-refractivity contribution in [1.82, 2.24) is 19.9 Å². The van der Waals surface area contributed by atoms with E-state index in [4.69, 9.17) is 14.5 Å². The molecule has 7 nitrogen and oxygen atoms in total. The molecule has 1 atom stereocenters. The minimum Gasteiger partial charge on any atom is -0.497 e. The van der Waals surface area contributed by atoms with E-state index in [9.17, 15) is 0 Å². The van der Waals surface area contributed by atoms with E-state index < -0.39 is 0 Å². The summed E-state index contributed by atoms with van der Waals surface area (Å²) < 4.78 is 10.6. The fourth-order valence-electron chi connectivity index (χ4n) is 4.13. The van der Waals surface area contributed by atoms with E-state index in [2.05, 4.69) is 32.0 Å². The highest BCUT2D eigenvalue weighted by molar-refractivity contribution is 5.80. The third-order valence-corrected chi connectivity index (χ3v) is 5.88. The first-order valence-electron chi connectivity index (χ1n) is 10.4. The maximum atomic E-state index is 5.32. The summed E-state index contributed by atoms with van der Waals surface area (Å²) in [6.07, 6.45) is 4.73. The van der Waals surface area contributed by atoms with Gasteiger partial charge < -0.3 is 24.3 Å². The first-order chi connectivity index (χ1) is 15.2. The van der Waals surface area contributed by atoms with Crippen molar-refractivity contribution in [3.8, 4) is 34.0 Å². The van der Waals surface area contributed by atoms with Gasteiger partial charge >= 0.3 is 0 Å². The van der Waals surface area contributed by atoms with Crippen LogP contribution >= 0.6 is 0 Å². The van der Waals surface area contributed by atoms with Crippen LogP contribution in [0.2, 0.25) is 0 Å². The van der Waals surface area contributed by atoms with Crippen LogP contribution < -0.4 is 14.4 Å². The van der Waals surface area contributed by atoms with E-state index >= 15 is 0 Å². The molecule has 0 saturated carbocycles. The smallest absolute Gasteiger partial charge is 0.203 e. The van der Waals surface area contributed by atoms with Gasteiger partial charge in [0.1, 0.15) is 11.5 Å². The second-order valence-electron chi connectivity index (χ2n) is 7.68. The van der Waals surface area contributed by atoms with Gasteiger partial charge in [0.15, 0.2) is 0 Å². The topological polar surface area (TPSA) is 79.1 Å². The minimum atomic E-state index is 0.432. The zero-order valence-electron chi connectivity index (χ0n) is 17.6. The Bertz CT molecular complexity index is 1070. The van der Waals surface area contributed by atoms with Crippen LogP contribution in [-0.2, 0) is 0 Å². The number of hydrogen-bond acceptors (Lipinski definition) is 5. The fraction of sp³-hybridized carbons (Fsp3) is 0.250. The molecule has 0 radical (unpaired) electrons. The molecule has 1 aliphatic heterocycles. The number of anilines is 1. The molecule has 1 unspecified atom stereocenters. The van der Waals surface area contributed by atoms with Gasteiger partial charge in [0.2, 0.25) is 5.95 Å². The number of ether oxygens (including phenoxy) is 2. The average Bonchev–Trinajstić information content (AvgIpc) is 3.59. The molecule has 2 aromatic carbocycles. The van der Waals surface area contributed by atoms with Crippen molar-refractivity contribution < 1.29 is 9.47 Å². The maximum Gasteiger partial charge on any atom is 0.203 e. The van der Waals surface area contributed by atoms with Gasteiger partial charge in [-0.2, -0.15) is 0 Å². The van der Waals surface area contributed by atoms with Crippen LogP contribution in [0.25, 0.3) is 22.5 Å². The molecule has 3 heterocycles. The molecule has 4 aromatic rings. The lowest BCUT2D eigenvalue weighted by Gasteiger charge is -2.14. The van der Waals surface area contributed by atoms with E-state index in [0.29, 0.717) is 5.92 Å². The zero-order valence-corrected chi connectivity index (χ0v) is 17.6. The summed E-state index contributed by atoms with van der Waals surface area (Å²) in [7, 11) is 3.35. The Labute approximate surface area is 181 Å². The van der Waals surface area contributed by atoms with Crippen LogP contribution in [0.15, 0.2) is 61.1 Å². The molecule has 31 heavy (non-hydrogen) atoms. The SMILES string of the molecule is COc1ccc(-c2nc(N3CCC(c4cnc[nH]4)C3)[nH]c2-c2ccc(OC)cc2)cc1. The lowest BCUT2D eigenvalue weighted by Crippen LogP contribution is -2.20. The van der Waals surface area contributed by atoms with Crippen LogP contribution in [0.4, 0.5) is 5.95 Å². The number of aromatic nitrogens is 4. The van der Waals surface area contributed by atoms with Gasteiger partial charge in [-0.3, -0.25) is 0 Å². The molecule has 0 aliphatic carbocycles. The van der Waals surface area contributed by atoms with Crippen molar-refractivity contribution in [3.05, 3.63) is 66.7 Å². The van der Waals surface area contributed by atoms with Gasteiger partial charge in [0.05, 0.1) is 31.9 Å². The highest BCUT2D eigenvalue weighted by Crippen LogP contribution is 2.36. The van der Waals surface area contributed by atoms with Crippen molar-refractivity contribution in [2.24, 2.45) is 0 Å². The molecule has 0 amide bonds. The minimum absolute atomic E-state index is 0.432. The Morgan fingerprint density at radius 3 is 2.23 bits per heavy atom. The summed E-state index contributed by atoms with van der Waals surface area (Å²) in [4.78, 5) is 18.3. The second-order valence-corrected chi connectivity index (χ2v) is 7.68. The maximum absolute atomic E-state index is 5.32. The molecule has 1 saturated heterocycles. The molecule has 0 spiro atoms. The van der Waals surface area contributed by atoms with Gasteiger partial charge in [-0.25, -0.2) is 9.97 Å². The number of hydrogen-bond donors (Lipinski definition) is 2. The van der Waals surface area contributed by atoms with E-state index in [0.717, 1.165) is 59.5 Å². The van der Waals surface area contributed by atoms with Crippen LogP contribution in [0.3, 0.4) is 0 Å². The van der Waals surface area contributed by atoms with Crippen molar-refractivity contribution in [2.75, 3.05) is 32.2 Å². The predicted molar refractivity (Wildman–Crippen MR) is 121 cm³/mol. The summed E-state index contributed by atoms with van der Waals surface area (Å²) >= 11 is 0. The lowest BCUT2D eigenvalue weighted by molar-refractivity contribution is 0.414. The summed E-state index contributed by atoms with van der Waals surface area (Å²) in [6.45, 7) is 1.85. The number of methoxy groups -OCH3 is 2. The second kappa shape index (κ2) is 8.18. The number of nitrogens with zero attached hydrogens (tertiary/aromatic N) is 3. The van der Waals surface area contributed by atoms with E-state index in [1.165, 1.54) is 5.69 Å². The zero-order chi connectivity index (χ0) is 21.2. The van der Waals surface area contributed by atoms with Crippen molar-refractivity contribution in [3.63, 3.8) is 0 Å². The largest absolute Gasteiger partial charge is 0.497 e. The monoisotopic (exact) mass is 415 g/mol. The molecular formula is C24H25N5O2. The molecule has 1 fully saturated rings. The van der Waals surface area contributed by atoms with Crippen molar-refractivity contribution in [1.29, 1.82) is 0 Å². The number of aromatic amines is 2. The molecule has 2 N–H and O–H groups in total. The van der Waals surface area contributed by atoms with Crippen LogP contribution in [-0.4, -0.2) is 47.2 Å². The Morgan fingerprint density at radius 1 is 0.935 bits per heavy atom. The number of H-pyrrole nitrogens is 2. The van der Waals surface area contributed by atoms with Gasteiger partial charge in [0, 0.05) is 42.0 Å². The molecular weight excluding hydrogens is 390 g/mol. The van der Waals surface area contributed by atoms with Gasteiger partial charge in [-0.15, -0.1) is 0 Å². The Hall–Kier alpha value is -3.74. The van der Waals surface area contributed by atoms with E-state index in [1.807, 2.05) is 42.6 Å². The van der Waals surface area contributed by atoms with E-state index in [-0.39, 0.29) is 0 Å². The van der Waals surface area contributed by atoms with Crippen molar-refractivity contribution in [2.45, 2.75) is 12.3 Å². The number of benzene rings is 2. The average molecular weight is 415 g/mol. The first-order valence-corrected chi connectivity index (χ1v) is 10.4. The lowest BCUT2D eigenvalue weighted by atomic mass is 10.0. The van der Waals surface area contributed by atoms with Crippen LogP contribution in [0.1, 0.15) is 18.0 Å². The quantitative estimate of drug-likeness (QED) is 0.485. The highest BCUT2D eigenvalue weighted by Gasteiger charge is 2.28. The van der Waals surface area contributed by atoms with E-state index in [1.54, 1.807) is 20.5 Å². The molecule has 1 aliphatic rings. The Balaban J connectivity index is 1.51. The molecule has 158 valence electrons. The number of rotatable bonds is 6. The first kappa shape index (κ1) is 19.2. The van der Waals surface area contributed by atoms with Crippen LogP contribution in [0, 0.1) is 0 Å². The molecule has 7 heteroatoms. The van der Waals surface area contributed by atoms with Gasteiger partial charge in [-0.1, -0.05) is 0 Å². The summed E-state index contributed by atoms with van der Waals surface area (Å²) in [5.41, 5.74) is 5.20. The van der Waals surface area contributed by atoms with Crippen molar-refractivity contribution >= 4 is 5.95 Å². The Morgan fingerprint density at radius 2 is 1.61 bits per heavy atom. The third-order valence-electron chi connectivity index (χ3n) is 5.88. The molecule has 2 aromatic heterocycles. The molecule has 5 rings (SSSR count). The summed E-state index contributed by atoms with van der Waals surface area (Å²) in [5, 5.41) is 0. The highest BCUT2D eigenvalue weighted by atomic mass is 16.5. The molecule has 0 bridgehead atoms. The standard InChI is InChI=1S/C24H25N5O2/c1-30-19-7-3-16(4-8-19)22-23(17-5-9-20(31-2)10-6-17)28-24(27-22)29-12-11-18(14-29)21-13-25-15-26-21/h3-10,13,15,18H,11-12,14H2,1-2H3,(H,25,26)(H,27,28). The number of nitrogens with one attached hydrogen (secondary N) is 2. The Kier molecular flexibility index (Phi) is 5.08. The van der Waals surface area contributed by atoms with Crippen LogP contribution in [0.5, 0.6) is 11.5 Å². The third kappa shape index (κ3) is 3.74. The van der Waals surface area contributed by atoms with Gasteiger partial charge in [0.25, 0.3) is 0 Å².